The lowest BCUT2D eigenvalue weighted by molar-refractivity contribution is 0.751. The summed E-state index contributed by atoms with van der Waals surface area (Å²) in [5.41, 5.74) is -0.658. The molecule has 0 bridgehead atoms. The molecule has 3 rings (SSSR count). The Hall–Kier alpha value is -2.12. The fourth-order valence-electron chi connectivity index (χ4n) is 1.79. The van der Waals surface area contributed by atoms with Gasteiger partial charge in [0, 0.05) is 7.05 Å². The molecule has 2 heterocycles. The maximum Gasteiger partial charge on any atom is 0.329 e. The highest BCUT2D eigenvalue weighted by atomic mass is 35.5. The Morgan fingerprint density at radius 2 is 1.80 bits per heavy atom. The number of aromatic nitrogens is 5. The van der Waals surface area contributed by atoms with Gasteiger partial charge in [-0.3, -0.25) is 14.3 Å². The molecule has 3 aromatic rings. The number of halogens is 2. The summed E-state index contributed by atoms with van der Waals surface area (Å²) in [6, 6.07) is 4.93. The summed E-state index contributed by atoms with van der Waals surface area (Å²) in [5.74, 6) is 0. The van der Waals surface area contributed by atoms with Crippen molar-refractivity contribution >= 4 is 34.4 Å². The Bertz CT molecular complexity index is 920. The number of para-hydroxylation sites is 1. The number of aryl methyl sites for hydroxylation is 1. The van der Waals surface area contributed by atoms with Crippen molar-refractivity contribution in [3.8, 4) is 5.69 Å². The van der Waals surface area contributed by atoms with Gasteiger partial charge >= 0.3 is 5.69 Å². The maximum absolute atomic E-state index is 11.7. The van der Waals surface area contributed by atoms with E-state index in [1.807, 2.05) is 0 Å². The van der Waals surface area contributed by atoms with Crippen LogP contribution in [0, 0.1) is 0 Å². The number of nitrogens with one attached hydrogen (secondary N) is 1. The molecule has 0 unspecified atom stereocenters. The van der Waals surface area contributed by atoms with Gasteiger partial charge in [0.15, 0.2) is 11.2 Å². The molecule has 0 spiro atoms. The third-order valence-electron chi connectivity index (χ3n) is 2.79. The van der Waals surface area contributed by atoms with Gasteiger partial charge in [-0.2, -0.15) is 0 Å². The molecule has 2 aromatic heterocycles. The second-order valence-electron chi connectivity index (χ2n) is 4.05. The second kappa shape index (κ2) is 4.46. The molecule has 0 fully saturated rings. The molecule has 0 aliphatic rings. The summed E-state index contributed by atoms with van der Waals surface area (Å²) in [4.78, 5) is 26.5. The van der Waals surface area contributed by atoms with Crippen molar-refractivity contribution in [3.63, 3.8) is 0 Å². The van der Waals surface area contributed by atoms with Crippen molar-refractivity contribution in [2.24, 2.45) is 7.05 Å². The summed E-state index contributed by atoms with van der Waals surface area (Å²) in [6.07, 6.45) is 0. The van der Waals surface area contributed by atoms with E-state index < -0.39 is 11.2 Å². The molecule has 1 aromatic carbocycles. The van der Waals surface area contributed by atoms with Crippen LogP contribution < -0.4 is 11.2 Å². The highest BCUT2D eigenvalue weighted by Gasteiger charge is 2.15. The van der Waals surface area contributed by atoms with E-state index in [1.165, 1.54) is 11.6 Å². The fourth-order valence-corrected chi connectivity index (χ4v) is 2.34. The van der Waals surface area contributed by atoms with Gasteiger partial charge in [-0.25, -0.2) is 4.79 Å². The van der Waals surface area contributed by atoms with E-state index in [9.17, 15) is 9.59 Å². The molecule has 9 heteroatoms. The van der Waals surface area contributed by atoms with Crippen LogP contribution >= 0.6 is 23.2 Å². The average Bonchev–Trinajstić information content (AvgIpc) is 2.81. The highest BCUT2D eigenvalue weighted by Crippen LogP contribution is 2.27. The first-order chi connectivity index (χ1) is 9.49. The Morgan fingerprint density at radius 3 is 2.45 bits per heavy atom. The number of hydrogen-bond donors (Lipinski definition) is 1. The first-order valence-corrected chi connectivity index (χ1v) is 6.25. The van der Waals surface area contributed by atoms with Crippen LogP contribution in [0.2, 0.25) is 10.0 Å². The zero-order valence-corrected chi connectivity index (χ0v) is 11.6. The molecule has 0 radical (unpaired) electrons. The molecule has 1 N–H and O–H groups in total. The van der Waals surface area contributed by atoms with Crippen molar-refractivity contribution < 1.29 is 0 Å². The molecular weight excluding hydrogens is 305 g/mol. The number of nitrogens with zero attached hydrogens (tertiary/aromatic N) is 4. The molecular formula is C11H7Cl2N5O2. The molecule has 20 heavy (non-hydrogen) atoms. The molecule has 102 valence electrons. The molecule has 0 saturated carbocycles. The second-order valence-corrected chi connectivity index (χ2v) is 4.86. The summed E-state index contributed by atoms with van der Waals surface area (Å²) in [7, 11) is 1.48. The summed E-state index contributed by atoms with van der Waals surface area (Å²) < 4.78 is 1.19. The number of fused-ring (bicyclic) bond motifs is 1. The van der Waals surface area contributed by atoms with E-state index in [-0.39, 0.29) is 11.2 Å². The number of aromatic amines is 1. The Morgan fingerprint density at radius 1 is 1.15 bits per heavy atom. The Kier molecular flexibility index (Phi) is 2.88. The number of H-pyrrole nitrogens is 1. The molecule has 0 saturated heterocycles. The topological polar surface area (TPSA) is 85.6 Å². The van der Waals surface area contributed by atoms with Crippen LogP contribution in [-0.2, 0) is 7.05 Å². The normalized spacial score (nSPS) is 11.2. The number of rotatable bonds is 1. The molecule has 7 nitrogen and oxygen atoms in total. The standard InChI is InChI=1S/C11H7Cl2N5O2/c1-17-9-7(10(19)14-11(17)20)15-18(16-9)8-5(12)3-2-4-6(8)13/h2-4H,1H3,(H,14,19,20). The minimum absolute atomic E-state index is 0.0306. The van der Waals surface area contributed by atoms with Crippen molar-refractivity contribution in [1.82, 2.24) is 24.5 Å². The highest BCUT2D eigenvalue weighted by molar-refractivity contribution is 6.37. The SMILES string of the molecule is Cn1c(=O)[nH]c(=O)c2nn(-c3c(Cl)cccc3Cl)nc21. The smallest absolute Gasteiger partial charge is 0.278 e. The van der Waals surface area contributed by atoms with Crippen LogP contribution in [0.1, 0.15) is 0 Å². The minimum Gasteiger partial charge on any atom is -0.278 e. The fraction of sp³-hybridized carbons (Fsp3) is 0.0909. The van der Waals surface area contributed by atoms with E-state index in [4.69, 9.17) is 23.2 Å². The van der Waals surface area contributed by atoms with Crippen LogP contribution in [-0.4, -0.2) is 24.5 Å². The van der Waals surface area contributed by atoms with Gasteiger partial charge in [0.25, 0.3) is 5.56 Å². The predicted molar refractivity (Wildman–Crippen MR) is 74.7 cm³/mol. The van der Waals surface area contributed by atoms with E-state index in [1.54, 1.807) is 18.2 Å². The van der Waals surface area contributed by atoms with Gasteiger partial charge < -0.3 is 0 Å². The van der Waals surface area contributed by atoms with Crippen molar-refractivity contribution in [2.45, 2.75) is 0 Å². The Balaban J connectivity index is 2.41. The summed E-state index contributed by atoms with van der Waals surface area (Å²) in [5, 5.41) is 8.81. The van der Waals surface area contributed by atoms with Crippen LogP contribution in [0.15, 0.2) is 27.8 Å². The number of hydrogen-bond acceptors (Lipinski definition) is 4. The first kappa shape index (κ1) is 12.9. The number of benzene rings is 1. The van der Waals surface area contributed by atoms with Gasteiger partial charge in [-0.15, -0.1) is 15.0 Å². The third kappa shape index (κ3) is 1.83. The van der Waals surface area contributed by atoms with Gasteiger partial charge in [0.2, 0.25) is 0 Å². The van der Waals surface area contributed by atoms with Crippen molar-refractivity contribution in [3.05, 3.63) is 49.1 Å². The lowest BCUT2D eigenvalue weighted by atomic mass is 10.3. The van der Waals surface area contributed by atoms with Crippen molar-refractivity contribution in [1.29, 1.82) is 0 Å². The Labute approximate surface area is 121 Å². The van der Waals surface area contributed by atoms with E-state index in [0.717, 1.165) is 4.80 Å². The van der Waals surface area contributed by atoms with Gasteiger partial charge in [-0.1, -0.05) is 29.3 Å². The van der Waals surface area contributed by atoms with Gasteiger partial charge in [0.05, 0.1) is 10.0 Å². The van der Waals surface area contributed by atoms with Crippen LogP contribution in [0.4, 0.5) is 0 Å². The van der Waals surface area contributed by atoms with Gasteiger partial charge in [-0.05, 0) is 12.1 Å². The molecule has 0 aliphatic heterocycles. The van der Waals surface area contributed by atoms with Crippen LogP contribution in [0.3, 0.4) is 0 Å². The first-order valence-electron chi connectivity index (χ1n) is 5.50. The van der Waals surface area contributed by atoms with Crippen molar-refractivity contribution in [2.75, 3.05) is 0 Å². The monoisotopic (exact) mass is 311 g/mol. The maximum atomic E-state index is 11.7. The zero-order chi connectivity index (χ0) is 14.4. The molecule has 0 amide bonds. The lowest BCUT2D eigenvalue weighted by Gasteiger charge is -2.03. The van der Waals surface area contributed by atoms with E-state index >= 15 is 0 Å². The lowest BCUT2D eigenvalue weighted by Crippen LogP contribution is -2.28. The summed E-state index contributed by atoms with van der Waals surface area (Å²) in [6.45, 7) is 0. The molecule has 0 atom stereocenters. The predicted octanol–water partition coefficient (Wildman–Crippen LogP) is 1.11. The van der Waals surface area contributed by atoms with E-state index in [2.05, 4.69) is 15.2 Å². The van der Waals surface area contributed by atoms with Crippen LogP contribution in [0.5, 0.6) is 0 Å². The summed E-state index contributed by atoms with van der Waals surface area (Å²) >= 11 is 12.1. The van der Waals surface area contributed by atoms with E-state index in [0.29, 0.717) is 15.7 Å². The van der Waals surface area contributed by atoms with Gasteiger partial charge in [0.1, 0.15) is 5.69 Å². The average molecular weight is 312 g/mol. The third-order valence-corrected chi connectivity index (χ3v) is 3.40. The molecule has 0 aliphatic carbocycles. The van der Waals surface area contributed by atoms with Crippen LogP contribution in [0.25, 0.3) is 16.9 Å². The minimum atomic E-state index is -0.613. The zero-order valence-electron chi connectivity index (χ0n) is 10.1. The quantitative estimate of drug-likeness (QED) is 0.729. The largest absolute Gasteiger partial charge is 0.329 e.